The predicted octanol–water partition coefficient (Wildman–Crippen LogP) is 1.53. The molecular formula is C16H18ClNO3. The second-order valence-electron chi connectivity index (χ2n) is 5.07. The Kier molecular flexibility index (Phi) is 5.63. The lowest BCUT2D eigenvalue weighted by molar-refractivity contribution is 0.0651. The van der Waals surface area contributed by atoms with Gasteiger partial charge in [0.25, 0.3) is 5.91 Å². The number of piperidine rings is 1. The molecule has 1 amide bonds. The van der Waals surface area contributed by atoms with E-state index in [1.54, 1.807) is 23.1 Å². The molecule has 0 atom stereocenters. The third-order valence-corrected chi connectivity index (χ3v) is 3.99. The number of aliphatic hydroxyl groups excluding tert-OH is 2. The van der Waals surface area contributed by atoms with Crippen molar-refractivity contribution in [1.29, 1.82) is 0 Å². The van der Waals surface area contributed by atoms with E-state index in [9.17, 15) is 4.79 Å². The first-order chi connectivity index (χ1) is 10.2. The highest BCUT2D eigenvalue weighted by Crippen LogP contribution is 2.21. The van der Waals surface area contributed by atoms with Crippen molar-refractivity contribution in [2.45, 2.75) is 12.8 Å². The molecule has 112 valence electrons. The van der Waals surface area contributed by atoms with Crippen LogP contribution in [0.5, 0.6) is 0 Å². The minimum Gasteiger partial charge on any atom is -0.396 e. The quantitative estimate of drug-likeness (QED) is 0.815. The fourth-order valence-corrected chi connectivity index (χ4v) is 2.61. The van der Waals surface area contributed by atoms with Gasteiger partial charge in [-0.05, 0) is 37.0 Å². The molecule has 1 saturated heterocycles. The van der Waals surface area contributed by atoms with E-state index in [0.29, 0.717) is 35.2 Å². The molecule has 2 N–H and O–H groups in total. The number of carbonyl (C=O) groups excluding carboxylic acids is 1. The van der Waals surface area contributed by atoms with Crippen molar-refractivity contribution in [1.82, 2.24) is 4.90 Å². The Morgan fingerprint density at radius 1 is 1.33 bits per heavy atom. The number of hydrogen-bond acceptors (Lipinski definition) is 3. The van der Waals surface area contributed by atoms with Crippen LogP contribution < -0.4 is 0 Å². The van der Waals surface area contributed by atoms with E-state index >= 15 is 0 Å². The average Bonchev–Trinajstić information content (AvgIpc) is 2.53. The number of benzene rings is 1. The number of halogens is 1. The standard InChI is InChI=1S/C16H18ClNO3/c17-15-10-14(4-3-13(15)2-1-9-19)16(21)18-7-5-12(11-20)6-8-18/h3-4,10,12,19-20H,5-9,11H2. The Morgan fingerprint density at radius 3 is 2.62 bits per heavy atom. The molecule has 5 heteroatoms. The fraction of sp³-hybridized carbons (Fsp3) is 0.438. The topological polar surface area (TPSA) is 60.8 Å². The third-order valence-electron chi connectivity index (χ3n) is 3.68. The first-order valence-corrected chi connectivity index (χ1v) is 7.33. The second kappa shape index (κ2) is 7.46. The highest BCUT2D eigenvalue weighted by atomic mass is 35.5. The first kappa shape index (κ1) is 15.8. The summed E-state index contributed by atoms with van der Waals surface area (Å²) in [5.74, 6) is 5.52. The summed E-state index contributed by atoms with van der Waals surface area (Å²) in [6.45, 7) is 1.28. The summed E-state index contributed by atoms with van der Waals surface area (Å²) in [4.78, 5) is 14.2. The Hall–Kier alpha value is -1.54. The van der Waals surface area contributed by atoms with E-state index in [1.165, 1.54) is 0 Å². The lowest BCUT2D eigenvalue weighted by atomic mass is 9.97. The zero-order valence-corrected chi connectivity index (χ0v) is 12.4. The van der Waals surface area contributed by atoms with E-state index in [2.05, 4.69) is 11.8 Å². The Morgan fingerprint density at radius 2 is 2.05 bits per heavy atom. The number of amides is 1. The molecule has 21 heavy (non-hydrogen) atoms. The zero-order chi connectivity index (χ0) is 15.2. The molecule has 0 aromatic heterocycles. The summed E-state index contributed by atoms with van der Waals surface area (Å²) in [6.07, 6.45) is 1.66. The summed E-state index contributed by atoms with van der Waals surface area (Å²) >= 11 is 6.11. The highest BCUT2D eigenvalue weighted by molar-refractivity contribution is 6.32. The lowest BCUT2D eigenvalue weighted by Crippen LogP contribution is -2.39. The van der Waals surface area contributed by atoms with Crippen molar-refractivity contribution in [2.24, 2.45) is 5.92 Å². The van der Waals surface area contributed by atoms with Crippen LogP contribution in [0.25, 0.3) is 0 Å². The van der Waals surface area contributed by atoms with E-state index in [1.807, 2.05) is 0 Å². The number of likely N-dealkylation sites (tertiary alicyclic amines) is 1. The molecule has 0 aliphatic carbocycles. The maximum atomic E-state index is 12.4. The summed E-state index contributed by atoms with van der Waals surface area (Å²) < 4.78 is 0. The van der Waals surface area contributed by atoms with E-state index in [0.717, 1.165) is 12.8 Å². The van der Waals surface area contributed by atoms with Crippen molar-refractivity contribution in [3.05, 3.63) is 34.3 Å². The maximum Gasteiger partial charge on any atom is 0.253 e. The molecule has 1 aliphatic heterocycles. The molecule has 0 radical (unpaired) electrons. The Balaban J connectivity index is 2.08. The van der Waals surface area contributed by atoms with Crippen molar-refractivity contribution in [3.63, 3.8) is 0 Å². The smallest absolute Gasteiger partial charge is 0.253 e. The monoisotopic (exact) mass is 307 g/mol. The van der Waals surface area contributed by atoms with Crippen molar-refractivity contribution >= 4 is 17.5 Å². The molecule has 1 fully saturated rings. The number of hydrogen-bond donors (Lipinski definition) is 2. The van der Waals surface area contributed by atoms with Crippen LogP contribution in [-0.4, -0.2) is 47.3 Å². The zero-order valence-electron chi connectivity index (χ0n) is 11.7. The van der Waals surface area contributed by atoms with Gasteiger partial charge in [-0.15, -0.1) is 0 Å². The number of aliphatic hydroxyl groups is 2. The van der Waals surface area contributed by atoms with Crippen LogP contribution >= 0.6 is 11.6 Å². The van der Waals surface area contributed by atoms with Gasteiger partial charge in [0.2, 0.25) is 0 Å². The van der Waals surface area contributed by atoms with Crippen LogP contribution in [0.15, 0.2) is 18.2 Å². The van der Waals surface area contributed by atoms with Crippen molar-refractivity contribution in [3.8, 4) is 11.8 Å². The number of carbonyl (C=O) groups is 1. The minimum atomic E-state index is -0.225. The van der Waals surface area contributed by atoms with E-state index in [-0.39, 0.29) is 19.1 Å². The first-order valence-electron chi connectivity index (χ1n) is 6.95. The van der Waals surface area contributed by atoms with Crippen LogP contribution in [-0.2, 0) is 0 Å². The number of nitrogens with zero attached hydrogens (tertiary/aromatic N) is 1. The molecule has 4 nitrogen and oxygen atoms in total. The van der Waals surface area contributed by atoms with Gasteiger partial charge >= 0.3 is 0 Å². The average molecular weight is 308 g/mol. The Labute approximate surface area is 129 Å². The SMILES string of the molecule is O=C(c1ccc(C#CCO)c(Cl)c1)N1CCC(CO)CC1. The van der Waals surface area contributed by atoms with Crippen LogP contribution in [0.1, 0.15) is 28.8 Å². The molecule has 1 aromatic rings. The molecule has 0 unspecified atom stereocenters. The minimum absolute atomic E-state index is 0.0463. The largest absolute Gasteiger partial charge is 0.396 e. The van der Waals surface area contributed by atoms with Gasteiger partial charge in [-0.25, -0.2) is 0 Å². The van der Waals surface area contributed by atoms with Gasteiger partial charge in [0.05, 0.1) is 5.02 Å². The van der Waals surface area contributed by atoms with E-state index in [4.69, 9.17) is 21.8 Å². The van der Waals surface area contributed by atoms with Gasteiger partial charge in [0.15, 0.2) is 0 Å². The van der Waals surface area contributed by atoms with Gasteiger partial charge < -0.3 is 15.1 Å². The van der Waals surface area contributed by atoms with Crippen LogP contribution in [0, 0.1) is 17.8 Å². The summed E-state index contributed by atoms with van der Waals surface area (Å²) in [7, 11) is 0. The normalized spacial score (nSPS) is 15.5. The molecule has 1 aliphatic rings. The lowest BCUT2D eigenvalue weighted by Gasteiger charge is -2.31. The molecule has 1 heterocycles. The van der Waals surface area contributed by atoms with Gasteiger partial charge in [-0.3, -0.25) is 4.79 Å². The van der Waals surface area contributed by atoms with Gasteiger partial charge in [0.1, 0.15) is 6.61 Å². The van der Waals surface area contributed by atoms with Gasteiger partial charge in [-0.1, -0.05) is 23.4 Å². The molecule has 1 aromatic carbocycles. The highest BCUT2D eigenvalue weighted by Gasteiger charge is 2.23. The third kappa shape index (κ3) is 3.98. The second-order valence-corrected chi connectivity index (χ2v) is 5.48. The summed E-state index contributed by atoms with van der Waals surface area (Å²) in [5.41, 5.74) is 1.14. The maximum absolute atomic E-state index is 12.4. The van der Waals surface area contributed by atoms with Crippen molar-refractivity contribution < 1.29 is 15.0 Å². The number of rotatable bonds is 2. The van der Waals surface area contributed by atoms with Crippen LogP contribution in [0.4, 0.5) is 0 Å². The van der Waals surface area contributed by atoms with Crippen LogP contribution in [0.2, 0.25) is 5.02 Å². The van der Waals surface area contributed by atoms with E-state index < -0.39 is 0 Å². The molecule has 0 saturated carbocycles. The fourth-order valence-electron chi connectivity index (χ4n) is 2.39. The van der Waals surface area contributed by atoms with Gasteiger partial charge in [0, 0.05) is 30.8 Å². The summed E-state index contributed by atoms with van der Waals surface area (Å²) in [5, 5.41) is 18.2. The molecule has 2 rings (SSSR count). The van der Waals surface area contributed by atoms with Gasteiger partial charge in [-0.2, -0.15) is 0 Å². The van der Waals surface area contributed by atoms with Crippen LogP contribution in [0.3, 0.4) is 0 Å². The predicted molar refractivity (Wildman–Crippen MR) is 81.1 cm³/mol. The van der Waals surface area contributed by atoms with Crippen molar-refractivity contribution in [2.75, 3.05) is 26.3 Å². The molecule has 0 spiro atoms. The summed E-state index contributed by atoms with van der Waals surface area (Å²) in [6, 6.07) is 5.01. The molecule has 0 bridgehead atoms. The Bertz CT molecular complexity index is 569. The molecular weight excluding hydrogens is 290 g/mol.